The maximum absolute atomic E-state index is 12.7. The Hall–Kier alpha value is -2.38. The molecule has 4 rings (SSSR count). The summed E-state index contributed by atoms with van der Waals surface area (Å²) in [5, 5.41) is 2.98. The van der Waals surface area contributed by atoms with E-state index in [0.29, 0.717) is 6.61 Å². The Labute approximate surface area is 149 Å². The molecule has 1 unspecified atom stereocenters. The van der Waals surface area contributed by atoms with E-state index < -0.39 is 0 Å². The third-order valence-corrected chi connectivity index (χ3v) is 5.20. The smallest absolute Gasteiger partial charge is 0.322 e. The highest BCUT2D eigenvalue weighted by Gasteiger charge is 2.32. The molecule has 1 aromatic carbocycles. The molecular formula is C18H19N3O3S. The Kier molecular flexibility index (Phi) is 4.42. The average molecular weight is 357 g/mol. The van der Waals surface area contributed by atoms with E-state index >= 15 is 0 Å². The van der Waals surface area contributed by atoms with E-state index in [1.165, 1.54) is 0 Å². The van der Waals surface area contributed by atoms with Crippen molar-refractivity contribution in [2.45, 2.75) is 25.5 Å². The molecule has 1 fully saturated rings. The second-order valence-corrected chi connectivity index (χ2v) is 6.94. The number of carbonyl (C=O) groups is 1. The summed E-state index contributed by atoms with van der Waals surface area (Å²) in [7, 11) is 1.64. The number of anilines is 1. The van der Waals surface area contributed by atoms with Gasteiger partial charge in [-0.2, -0.15) is 0 Å². The number of rotatable bonds is 4. The van der Waals surface area contributed by atoms with Gasteiger partial charge in [0.2, 0.25) is 0 Å². The number of ether oxygens (including phenoxy) is 1. The number of methoxy groups -OCH3 is 1. The number of nitrogens with zero attached hydrogens (tertiary/aromatic N) is 2. The van der Waals surface area contributed by atoms with Gasteiger partial charge in [0.05, 0.1) is 21.8 Å². The molecular weight excluding hydrogens is 338 g/mol. The van der Waals surface area contributed by atoms with Crippen LogP contribution in [-0.2, 0) is 11.3 Å². The minimum atomic E-state index is -0.109. The normalized spacial score (nSPS) is 17.3. The minimum absolute atomic E-state index is 0.0337. The summed E-state index contributed by atoms with van der Waals surface area (Å²) >= 11 is 1.59. The largest absolute Gasteiger partial charge is 0.461 e. The SMILES string of the molecule is COCc1ccc(C2CCCN2C(=O)Nc2ccc3scnc3c2)o1. The van der Waals surface area contributed by atoms with Crippen LogP contribution < -0.4 is 5.32 Å². The molecule has 0 bridgehead atoms. The molecule has 6 nitrogen and oxygen atoms in total. The maximum Gasteiger partial charge on any atom is 0.322 e. The van der Waals surface area contributed by atoms with Crippen molar-refractivity contribution in [1.82, 2.24) is 9.88 Å². The number of hydrogen-bond acceptors (Lipinski definition) is 5. The molecule has 0 spiro atoms. The molecule has 3 aromatic rings. The summed E-state index contributed by atoms with van der Waals surface area (Å²) in [6, 6.07) is 9.49. The van der Waals surface area contributed by atoms with Crippen molar-refractivity contribution in [2.24, 2.45) is 0 Å². The molecule has 1 saturated heterocycles. The first-order chi connectivity index (χ1) is 12.2. The Morgan fingerprint density at radius 3 is 3.24 bits per heavy atom. The number of amides is 2. The van der Waals surface area contributed by atoms with Gasteiger partial charge < -0.3 is 19.4 Å². The van der Waals surface area contributed by atoms with Crippen molar-refractivity contribution in [3.63, 3.8) is 0 Å². The number of urea groups is 1. The van der Waals surface area contributed by atoms with Crippen molar-refractivity contribution in [2.75, 3.05) is 19.0 Å². The summed E-state index contributed by atoms with van der Waals surface area (Å²) in [5.74, 6) is 1.59. The van der Waals surface area contributed by atoms with Gasteiger partial charge in [-0.25, -0.2) is 9.78 Å². The third kappa shape index (κ3) is 3.25. The second-order valence-electron chi connectivity index (χ2n) is 6.05. The zero-order chi connectivity index (χ0) is 17.2. The minimum Gasteiger partial charge on any atom is -0.461 e. The molecule has 1 N–H and O–H groups in total. The van der Waals surface area contributed by atoms with E-state index in [1.807, 2.05) is 35.2 Å². The van der Waals surface area contributed by atoms with Gasteiger partial charge in [0.15, 0.2) is 0 Å². The molecule has 0 radical (unpaired) electrons. The number of thiazole rings is 1. The van der Waals surface area contributed by atoms with Crippen molar-refractivity contribution in [3.05, 3.63) is 47.4 Å². The van der Waals surface area contributed by atoms with Crippen LogP contribution in [0.2, 0.25) is 0 Å². The number of nitrogens with one attached hydrogen (secondary N) is 1. The first kappa shape index (κ1) is 16.1. The highest BCUT2D eigenvalue weighted by Crippen LogP contribution is 2.33. The van der Waals surface area contributed by atoms with Crippen molar-refractivity contribution in [3.8, 4) is 0 Å². The number of carbonyl (C=O) groups excluding carboxylic acids is 1. The first-order valence-corrected chi connectivity index (χ1v) is 9.11. The highest BCUT2D eigenvalue weighted by atomic mass is 32.1. The van der Waals surface area contributed by atoms with Crippen LogP contribution in [0.4, 0.5) is 10.5 Å². The van der Waals surface area contributed by atoms with Gasteiger partial charge in [0.25, 0.3) is 0 Å². The fourth-order valence-corrected chi connectivity index (χ4v) is 3.89. The van der Waals surface area contributed by atoms with Crippen LogP contribution in [0.1, 0.15) is 30.4 Å². The van der Waals surface area contributed by atoms with Crippen LogP contribution >= 0.6 is 11.3 Å². The van der Waals surface area contributed by atoms with Gasteiger partial charge in [0.1, 0.15) is 18.1 Å². The Bertz CT molecular complexity index is 888. The van der Waals surface area contributed by atoms with Crippen LogP contribution in [0.5, 0.6) is 0 Å². The quantitative estimate of drug-likeness (QED) is 0.751. The lowest BCUT2D eigenvalue weighted by atomic mass is 10.2. The molecule has 130 valence electrons. The van der Waals surface area contributed by atoms with E-state index in [4.69, 9.17) is 9.15 Å². The van der Waals surface area contributed by atoms with Gasteiger partial charge >= 0.3 is 6.03 Å². The third-order valence-electron chi connectivity index (χ3n) is 4.39. The van der Waals surface area contributed by atoms with Crippen molar-refractivity contribution < 1.29 is 13.9 Å². The molecule has 3 heterocycles. The summed E-state index contributed by atoms with van der Waals surface area (Å²) in [5.41, 5.74) is 3.46. The highest BCUT2D eigenvalue weighted by molar-refractivity contribution is 7.16. The predicted molar refractivity (Wildman–Crippen MR) is 96.7 cm³/mol. The summed E-state index contributed by atoms with van der Waals surface area (Å²) in [6.07, 6.45) is 1.86. The number of benzene rings is 1. The van der Waals surface area contributed by atoms with E-state index in [2.05, 4.69) is 10.3 Å². The maximum atomic E-state index is 12.7. The molecule has 2 amide bonds. The number of likely N-dealkylation sites (tertiary alicyclic amines) is 1. The molecule has 1 aliphatic rings. The van der Waals surface area contributed by atoms with E-state index in [-0.39, 0.29) is 12.1 Å². The predicted octanol–water partition coefficient (Wildman–Crippen LogP) is 4.40. The summed E-state index contributed by atoms with van der Waals surface area (Å²) in [6.45, 7) is 1.16. The summed E-state index contributed by atoms with van der Waals surface area (Å²) in [4.78, 5) is 18.9. The Morgan fingerprint density at radius 2 is 2.36 bits per heavy atom. The van der Waals surface area contributed by atoms with Gasteiger partial charge in [-0.3, -0.25) is 0 Å². The molecule has 1 aliphatic heterocycles. The van der Waals surface area contributed by atoms with E-state index in [9.17, 15) is 4.79 Å². The van der Waals surface area contributed by atoms with Crippen LogP contribution in [0, 0.1) is 0 Å². The van der Waals surface area contributed by atoms with Crippen LogP contribution in [0.25, 0.3) is 10.2 Å². The molecule has 25 heavy (non-hydrogen) atoms. The molecule has 1 atom stereocenters. The van der Waals surface area contributed by atoms with Gasteiger partial charge in [0, 0.05) is 19.3 Å². The van der Waals surface area contributed by atoms with E-state index in [1.54, 1.807) is 24.0 Å². The van der Waals surface area contributed by atoms with Crippen molar-refractivity contribution in [1.29, 1.82) is 0 Å². The standard InChI is InChI=1S/C18H19N3O3S/c1-23-10-13-5-6-16(24-13)15-3-2-8-21(15)18(22)20-12-4-7-17-14(9-12)19-11-25-17/h4-7,9,11,15H,2-3,8,10H2,1H3,(H,20,22). The lowest BCUT2D eigenvalue weighted by Gasteiger charge is -2.23. The topological polar surface area (TPSA) is 67.6 Å². The fraction of sp³-hybridized carbons (Fsp3) is 0.333. The van der Waals surface area contributed by atoms with Gasteiger partial charge in [-0.1, -0.05) is 0 Å². The molecule has 0 aliphatic carbocycles. The van der Waals surface area contributed by atoms with Crippen LogP contribution in [0.3, 0.4) is 0 Å². The van der Waals surface area contributed by atoms with E-state index in [0.717, 1.165) is 46.8 Å². The fourth-order valence-electron chi connectivity index (χ4n) is 3.23. The monoisotopic (exact) mass is 357 g/mol. The number of furan rings is 1. The summed E-state index contributed by atoms with van der Waals surface area (Å²) < 4.78 is 12.0. The number of fused-ring (bicyclic) bond motifs is 1. The van der Waals surface area contributed by atoms with Crippen molar-refractivity contribution >= 4 is 33.3 Å². The zero-order valence-electron chi connectivity index (χ0n) is 13.9. The molecule has 0 saturated carbocycles. The average Bonchev–Trinajstić information content (AvgIpc) is 3.34. The number of aromatic nitrogens is 1. The first-order valence-electron chi connectivity index (χ1n) is 8.23. The van der Waals surface area contributed by atoms with Crippen LogP contribution in [-0.4, -0.2) is 29.6 Å². The second kappa shape index (κ2) is 6.85. The molecule has 7 heteroatoms. The zero-order valence-corrected chi connectivity index (χ0v) is 14.7. The van der Waals surface area contributed by atoms with Crippen LogP contribution in [0.15, 0.2) is 40.3 Å². The Morgan fingerprint density at radius 1 is 1.44 bits per heavy atom. The van der Waals surface area contributed by atoms with Gasteiger partial charge in [-0.15, -0.1) is 11.3 Å². The number of hydrogen-bond donors (Lipinski definition) is 1. The Balaban J connectivity index is 1.49. The molecule has 2 aromatic heterocycles. The van der Waals surface area contributed by atoms with Gasteiger partial charge in [-0.05, 0) is 43.2 Å². The lowest BCUT2D eigenvalue weighted by Crippen LogP contribution is -2.34. The lowest BCUT2D eigenvalue weighted by molar-refractivity contribution is 0.157.